The number of carbonyl (C=O) groups excluding carboxylic acids is 3. The quantitative estimate of drug-likeness (QED) is 0.750. The number of nitrogens with zero attached hydrogens (tertiary/aromatic N) is 1. The van der Waals surface area contributed by atoms with Gasteiger partial charge in [-0.2, -0.15) is 0 Å². The number of aryl methyl sites for hydroxylation is 1. The third-order valence-corrected chi connectivity index (χ3v) is 5.49. The first-order valence-corrected chi connectivity index (χ1v) is 9.44. The highest BCUT2D eigenvalue weighted by Crippen LogP contribution is 2.35. The Morgan fingerprint density at radius 1 is 1.33 bits per heavy atom. The van der Waals surface area contributed by atoms with Gasteiger partial charge >= 0.3 is 6.03 Å². The van der Waals surface area contributed by atoms with E-state index in [0.717, 1.165) is 24.0 Å². The second-order valence-corrected chi connectivity index (χ2v) is 7.46. The van der Waals surface area contributed by atoms with Crippen molar-refractivity contribution in [3.05, 3.63) is 29.3 Å². The van der Waals surface area contributed by atoms with Gasteiger partial charge in [0.15, 0.2) is 0 Å². The summed E-state index contributed by atoms with van der Waals surface area (Å²) in [5, 5.41) is 5.75. The number of imide groups is 1. The van der Waals surface area contributed by atoms with Gasteiger partial charge in [-0.25, -0.2) is 4.79 Å². The minimum Gasteiger partial charge on any atom is -0.496 e. The Hall–Kier alpha value is -2.57. The Bertz CT molecular complexity index is 756. The van der Waals surface area contributed by atoms with Gasteiger partial charge < -0.3 is 15.4 Å². The summed E-state index contributed by atoms with van der Waals surface area (Å²) >= 11 is 0. The van der Waals surface area contributed by atoms with Crippen LogP contribution in [-0.4, -0.2) is 41.9 Å². The van der Waals surface area contributed by atoms with Crippen LogP contribution in [0.3, 0.4) is 0 Å². The molecular weight excluding hydrogens is 346 g/mol. The van der Waals surface area contributed by atoms with E-state index >= 15 is 0 Å². The van der Waals surface area contributed by atoms with Crippen molar-refractivity contribution >= 4 is 17.8 Å². The van der Waals surface area contributed by atoms with Crippen molar-refractivity contribution in [2.45, 2.75) is 57.5 Å². The van der Waals surface area contributed by atoms with Crippen LogP contribution in [-0.2, 0) is 9.59 Å². The van der Waals surface area contributed by atoms with E-state index in [2.05, 4.69) is 10.6 Å². The molecule has 0 radical (unpaired) electrons. The molecule has 7 nitrogen and oxygen atoms in total. The van der Waals surface area contributed by atoms with E-state index in [-0.39, 0.29) is 36.9 Å². The smallest absolute Gasteiger partial charge is 0.325 e. The van der Waals surface area contributed by atoms with E-state index < -0.39 is 5.54 Å². The maximum Gasteiger partial charge on any atom is 0.325 e. The van der Waals surface area contributed by atoms with E-state index in [1.807, 2.05) is 32.0 Å². The molecule has 1 aromatic rings. The van der Waals surface area contributed by atoms with Crippen LogP contribution in [0.5, 0.6) is 5.75 Å². The lowest BCUT2D eigenvalue weighted by molar-refractivity contribution is -0.131. The Labute approximate surface area is 159 Å². The predicted molar refractivity (Wildman–Crippen MR) is 100 cm³/mol. The van der Waals surface area contributed by atoms with Gasteiger partial charge in [0.2, 0.25) is 5.91 Å². The number of hydrogen-bond donors (Lipinski definition) is 2. The topological polar surface area (TPSA) is 87.7 Å². The minimum atomic E-state index is -0.726. The summed E-state index contributed by atoms with van der Waals surface area (Å²) in [5.74, 6) is 0.316. The summed E-state index contributed by atoms with van der Waals surface area (Å²) < 4.78 is 5.37. The van der Waals surface area contributed by atoms with Crippen LogP contribution in [0.15, 0.2) is 18.2 Å². The first kappa shape index (κ1) is 19.2. The third kappa shape index (κ3) is 3.77. The van der Waals surface area contributed by atoms with Gasteiger partial charge in [0.05, 0.1) is 13.2 Å². The van der Waals surface area contributed by atoms with Crippen LogP contribution in [0.25, 0.3) is 0 Å². The monoisotopic (exact) mass is 373 g/mol. The Kier molecular flexibility index (Phi) is 5.39. The van der Waals surface area contributed by atoms with E-state index in [1.165, 1.54) is 4.90 Å². The molecule has 1 atom stereocenters. The highest BCUT2D eigenvalue weighted by atomic mass is 16.5. The number of ether oxygens (including phenoxy) is 1. The molecule has 1 heterocycles. The summed E-state index contributed by atoms with van der Waals surface area (Å²) in [4.78, 5) is 38.3. The SMILES string of the molecule is COc1ccc(C)cc1[C@@H](C)NC(=O)CCN1C(=O)NC2(CCCC2)C1=O. The summed E-state index contributed by atoms with van der Waals surface area (Å²) in [7, 11) is 1.60. The normalized spacial score (nSPS) is 19.3. The van der Waals surface area contributed by atoms with Gasteiger partial charge in [0.1, 0.15) is 11.3 Å². The number of methoxy groups -OCH3 is 1. The van der Waals surface area contributed by atoms with Crippen molar-refractivity contribution in [2.75, 3.05) is 13.7 Å². The van der Waals surface area contributed by atoms with Crippen LogP contribution >= 0.6 is 0 Å². The molecule has 7 heteroatoms. The van der Waals surface area contributed by atoms with E-state index in [1.54, 1.807) is 7.11 Å². The molecule has 1 saturated heterocycles. The second-order valence-electron chi connectivity index (χ2n) is 7.46. The highest BCUT2D eigenvalue weighted by molar-refractivity contribution is 6.07. The molecule has 0 unspecified atom stereocenters. The molecule has 27 heavy (non-hydrogen) atoms. The van der Waals surface area contributed by atoms with Crippen LogP contribution in [0, 0.1) is 6.92 Å². The van der Waals surface area contributed by atoms with Crippen molar-refractivity contribution in [3.8, 4) is 5.75 Å². The molecule has 0 aromatic heterocycles. The van der Waals surface area contributed by atoms with Gasteiger partial charge in [0.25, 0.3) is 5.91 Å². The first-order valence-electron chi connectivity index (χ1n) is 9.44. The summed E-state index contributed by atoms with van der Waals surface area (Å²) in [6, 6.07) is 5.18. The number of carbonyl (C=O) groups is 3. The molecule has 2 fully saturated rings. The van der Waals surface area contributed by atoms with E-state index in [0.29, 0.717) is 18.6 Å². The van der Waals surface area contributed by atoms with Crippen LogP contribution < -0.4 is 15.4 Å². The Morgan fingerprint density at radius 2 is 2.04 bits per heavy atom. The molecule has 1 spiro atoms. The molecule has 1 aromatic carbocycles. The van der Waals surface area contributed by atoms with Crippen molar-refractivity contribution in [3.63, 3.8) is 0 Å². The fourth-order valence-corrected chi connectivity index (χ4v) is 3.99. The first-order chi connectivity index (χ1) is 12.9. The van der Waals surface area contributed by atoms with Crippen LogP contribution in [0.4, 0.5) is 4.79 Å². The predicted octanol–water partition coefficient (Wildman–Crippen LogP) is 2.44. The summed E-state index contributed by atoms with van der Waals surface area (Å²) in [6.07, 6.45) is 3.33. The number of nitrogens with one attached hydrogen (secondary N) is 2. The average Bonchev–Trinajstić information content (AvgIpc) is 3.19. The lowest BCUT2D eigenvalue weighted by Crippen LogP contribution is -2.44. The molecule has 3 rings (SSSR count). The zero-order valence-electron chi connectivity index (χ0n) is 16.1. The van der Waals surface area contributed by atoms with E-state index in [4.69, 9.17) is 4.74 Å². The summed E-state index contributed by atoms with van der Waals surface area (Å²) in [5.41, 5.74) is 1.24. The van der Waals surface area contributed by atoms with Gasteiger partial charge in [-0.3, -0.25) is 14.5 Å². The lowest BCUT2D eigenvalue weighted by atomic mass is 9.98. The number of hydrogen-bond acceptors (Lipinski definition) is 4. The Balaban J connectivity index is 1.58. The minimum absolute atomic E-state index is 0.0771. The third-order valence-electron chi connectivity index (χ3n) is 5.49. The molecule has 2 aliphatic rings. The molecule has 1 aliphatic carbocycles. The fraction of sp³-hybridized carbons (Fsp3) is 0.550. The second kappa shape index (κ2) is 7.58. The van der Waals surface area contributed by atoms with Crippen molar-refractivity contribution < 1.29 is 19.1 Å². The largest absolute Gasteiger partial charge is 0.496 e. The zero-order valence-corrected chi connectivity index (χ0v) is 16.1. The van der Waals surface area contributed by atoms with Crippen LogP contribution in [0.1, 0.15) is 56.2 Å². The standard InChI is InChI=1S/C20H27N3O4/c1-13-6-7-16(27-3)15(12-13)14(2)21-17(24)8-11-23-18(25)20(22-19(23)26)9-4-5-10-20/h6-7,12,14H,4-5,8-11H2,1-3H3,(H,21,24)(H,22,26)/t14-/m1/s1. The Morgan fingerprint density at radius 3 is 2.70 bits per heavy atom. The maximum atomic E-state index is 12.6. The van der Waals surface area contributed by atoms with Gasteiger partial charge in [-0.15, -0.1) is 0 Å². The maximum absolute atomic E-state index is 12.6. The highest BCUT2D eigenvalue weighted by Gasteiger charge is 2.52. The molecule has 1 saturated carbocycles. The van der Waals surface area contributed by atoms with Gasteiger partial charge in [-0.1, -0.05) is 30.5 Å². The number of amides is 4. The van der Waals surface area contributed by atoms with E-state index in [9.17, 15) is 14.4 Å². The van der Waals surface area contributed by atoms with Crippen molar-refractivity contribution in [1.82, 2.24) is 15.5 Å². The molecule has 146 valence electrons. The lowest BCUT2D eigenvalue weighted by Gasteiger charge is -2.20. The molecule has 0 bridgehead atoms. The number of rotatable bonds is 6. The van der Waals surface area contributed by atoms with Gasteiger partial charge in [0, 0.05) is 18.5 Å². The van der Waals surface area contributed by atoms with Crippen LogP contribution in [0.2, 0.25) is 0 Å². The summed E-state index contributed by atoms with van der Waals surface area (Å²) in [6.45, 7) is 3.96. The molecule has 2 N–H and O–H groups in total. The van der Waals surface area contributed by atoms with Crippen molar-refractivity contribution in [2.24, 2.45) is 0 Å². The molecule has 4 amide bonds. The number of benzene rings is 1. The molecule has 1 aliphatic heterocycles. The zero-order chi connectivity index (χ0) is 19.6. The number of urea groups is 1. The van der Waals surface area contributed by atoms with Gasteiger partial charge in [-0.05, 0) is 32.8 Å². The fourth-order valence-electron chi connectivity index (χ4n) is 3.99. The molecular formula is C20H27N3O4. The van der Waals surface area contributed by atoms with Crippen molar-refractivity contribution in [1.29, 1.82) is 0 Å². The average molecular weight is 373 g/mol.